The first kappa shape index (κ1) is 16.2. The summed E-state index contributed by atoms with van der Waals surface area (Å²) in [5, 5.41) is 9.43. The van der Waals surface area contributed by atoms with Crippen molar-refractivity contribution < 1.29 is 22.7 Å². The van der Waals surface area contributed by atoms with E-state index in [1.807, 2.05) is 0 Å². The van der Waals surface area contributed by atoms with Crippen LogP contribution in [0.3, 0.4) is 0 Å². The highest BCUT2D eigenvalue weighted by Crippen LogP contribution is 2.27. The van der Waals surface area contributed by atoms with E-state index in [0.29, 0.717) is 13.0 Å². The number of hydrogen-bond donors (Lipinski definition) is 1. The average Bonchev–Trinajstić information content (AvgIpc) is 2.72. The summed E-state index contributed by atoms with van der Waals surface area (Å²) in [7, 11) is -2.49. The molecule has 2 rings (SSSR count). The summed E-state index contributed by atoms with van der Waals surface area (Å²) in [6.07, 6.45) is 3.18. The van der Waals surface area contributed by atoms with E-state index in [1.165, 1.54) is 23.5 Å². The van der Waals surface area contributed by atoms with Gasteiger partial charge < -0.3 is 9.84 Å². The van der Waals surface area contributed by atoms with E-state index in [-0.39, 0.29) is 17.3 Å². The largest absolute Gasteiger partial charge is 0.494 e. The van der Waals surface area contributed by atoms with Crippen molar-refractivity contribution in [3.8, 4) is 5.75 Å². The standard InChI is InChI=1S/C14H20FNO4S/c1-20-14-7-6-12(9-13(14)15)21(18,19)16-8-4-2-3-5-11(16)10-17/h6-7,9,11,17H,2-5,8,10H2,1H3. The number of halogens is 1. The topological polar surface area (TPSA) is 66.8 Å². The van der Waals surface area contributed by atoms with Gasteiger partial charge in [-0.3, -0.25) is 0 Å². The quantitative estimate of drug-likeness (QED) is 0.919. The second-order valence-electron chi connectivity index (χ2n) is 5.10. The lowest BCUT2D eigenvalue weighted by Crippen LogP contribution is -2.42. The van der Waals surface area contributed by atoms with Crippen molar-refractivity contribution in [3.63, 3.8) is 0 Å². The molecule has 5 nitrogen and oxygen atoms in total. The van der Waals surface area contributed by atoms with E-state index in [0.717, 1.165) is 25.3 Å². The van der Waals surface area contributed by atoms with Gasteiger partial charge >= 0.3 is 0 Å². The summed E-state index contributed by atoms with van der Waals surface area (Å²) in [6, 6.07) is 3.15. The fourth-order valence-corrected chi connectivity index (χ4v) is 4.29. The molecule has 1 aliphatic heterocycles. The molecule has 0 saturated carbocycles. The van der Waals surface area contributed by atoms with Crippen molar-refractivity contribution >= 4 is 10.0 Å². The smallest absolute Gasteiger partial charge is 0.243 e. The maximum atomic E-state index is 13.7. The van der Waals surface area contributed by atoms with Gasteiger partial charge in [0.2, 0.25) is 10.0 Å². The third kappa shape index (κ3) is 3.36. The fourth-order valence-electron chi connectivity index (χ4n) is 2.59. The van der Waals surface area contributed by atoms with Gasteiger partial charge in [0, 0.05) is 12.6 Å². The predicted octanol–water partition coefficient (Wildman–Crippen LogP) is 1.76. The molecule has 1 N–H and O–H groups in total. The Balaban J connectivity index is 2.37. The molecule has 7 heteroatoms. The van der Waals surface area contributed by atoms with Gasteiger partial charge in [0.25, 0.3) is 0 Å². The van der Waals surface area contributed by atoms with Gasteiger partial charge in [-0.15, -0.1) is 0 Å². The molecule has 1 atom stereocenters. The number of benzene rings is 1. The normalized spacial score (nSPS) is 21.0. The molecule has 118 valence electrons. The number of nitrogens with zero attached hydrogens (tertiary/aromatic N) is 1. The second kappa shape index (κ2) is 6.72. The first-order valence-corrected chi connectivity index (χ1v) is 8.41. The minimum atomic E-state index is -3.82. The third-order valence-electron chi connectivity index (χ3n) is 3.76. The van der Waals surface area contributed by atoms with E-state index in [1.54, 1.807) is 0 Å². The Morgan fingerprint density at radius 3 is 2.76 bits per heavy atom. The number of aliphatic hydroxyl groups excluding tert-OH is 1. The molecule has 0 amide bonds. The Morgan fingerprint density at radius 1 is 1.38 bits per heavy atom. The molecule has 0 bridgehead atoms. The summed E-state index contributed by atoms with van der Waals surface area (Å²) >= 11 is 0. The van der Waals surface area contributed by atoms with Crippen LogP contribution in [-0.4, -0.2) is 44.1 Å². The van der Waals surface area contributed by atoms with Gasteiger partial charge in [0.15, 0.2) is 11.6 Å². The van der Waals surface area contributed by atoms with Gasteiger partial charge in [-0.25, -0.2) is 12.8 Å². The van der Waals surface area contributed by atoms with Crippen molar-refractivity contribution in [1.29, 1.82) is 0 Å². The van der Waals surface area contributed by atoms with Crippen LogP contribution in [0.15, 0.2) is 23.1 Å². The van der Waals surface area contributed by atoms with E-state index in [4.69, 9.17) is 4.74 Å². The highest BCUT2D eigenvalue weighted by atomic mass is 32.2. The Kier molecular flexibility index (Phi) is 5.18. The predicted molar refractivity (Wildman–Crippen MR) is 76.2 cm³/mol. The van der Waals surface area contributed by atoms with Crippen LogP contribution in [-0.2, 0) is 10.0 Å². The lowest BCUT2D eigenvalue weighted by molar-refractivity contribution is 0.186. The molecule has 0 spiro atoms. The van der Waals surface area contributed by atoms with Crippen LogP contribution in [0.25, 0.3) is 0 Å². The summed E-state index contributed by atoms with van der Waals surface area (Å²) in [5.41, 5.74) is 0. The summed E-state index contributed by atoms with van der Waals surface area (Å²) in [6.45, 7) is 0.124. The molecular formula is C14H20FNO4S. The zero-order valence-corrected chi connectivity index (χ0v) is 12.8. The highest BCUT2D eigenvalue weighted by Gasteiger charge is 2.32. The van der Waals surface area contributed by atoms with E-state index >= 15 is 0 Å². The summed E-state index contributed by atoms with van der Waals surface area (Å²) in [5.74, 6) is -0.711. The minimum Gasteiger partial charge on any atom is -0.494 e. The molecule has 1 unspecified atom stereocenters. The van der Waals surface area contributed by atoms with Crippen molar-refractivity contribution in [2.24, 2.45) is 0 Å². The van der Waals surface area contributed by atoms with Gasteiger partial charge in [0.05, 0.1) is 18.6 Å². The molecule has 1 aromatic rings. The van der Waals surface area contributed by atoms with Crippen LogP contribution in [0.2, 0.25) is 0 Å². The summed E-state index contributed by atoms with van der Waals surface area (Å²) < 4.78 is 45.2. The van der Waals surface area contributed by atoms with Crippen LogP contribution in [0, 0.1) is 5.82 Å². The van der Waals surface area contributed by atoms with Gasteiger partial charge in [0.1, 0.15) is 0 Å². The van der Waals surface area contributed by atoms with Gasteiger partial charge in [-0.05, 0) is 31.0 Å². The maximum absolute atomic E-state index is 13.7. The van der Waals surface area contributed by atoms with E-state index in [2.05, 4.69) is 0 Å². The lowest BCUT2D eigenvalue weighted by Gasteiger charge is -2.27. The van der Waals surface area contributed by atoms with Crippen LogP contribution in [0.1, 0.15) is 25.7 Å². The fraction of sp³-hybridized carbons (Fsp3) is 0.571. The molecule has 1 saturated heterocycles. The maximum Gasteiger partial charge on any atom is 0.243 e. The monoisotopic (exact) mass is 317 g/mol. The van der Waals surface area contributed by atoms with Crippen molar-refractivity contribution in [3.05, 3.63) is 24.0 Å². The van der Waals surface area contributed by atoms with Crippen molar-refractivity contribution in [2.45, 2.75) is 36.6 Å². The number of rotatable bonds is 4. The lowest BCUT2D eigenvalue weighted by atomic mass is 10.1. The Hall–Kier alpha value is -1.18. The molecule has 21 heavy (non-hydrogen) atoms. The van der Waals surface area contributed by atoms with Crippen molar-refractivity contribution in [2.75, 3.05) is 20.3 Å². The summed E-state index contributed by atoms with van der Waals surface area (Å²) in [4.78, 5) is -0.110. The van der Waals surface area contributed by atoms with E-state index in [9.17, 15) is 17.9 Å². The third-order valence-corrected chi connectivity index (χ3v) is 5.71. The number of methoxy groups -OCH3 is 1. The highest BCUT2D eigenvalue weighted by molar-refractivity contribution is 7.89. The molecule has 1 fully saturated rings. The Bertz CT molecular complexity index is 591. The molecule has 0 radical (unpaired) electrons. The molecular weight excluding hydrogens is 297 g/mol. The SMILES string of the molecule is COc1ccc(S(=O)(=O)N2CCCCCC2CO)cc1F. The van der Waals surface area contributed by atoms with Crippen LogP contribution >= 0.6 is 0 Å². The van der Waals surface area contributed by atoms with Crippen LogP contribution < -0.4 is 4.74 Å². The molecule has 1 heterocycles. The van der Waals surface area contributed by atoms with Gasteiger partial charge in [-0.1, -0.05) is 12.8 Å². The second-order valence-corrected chi connectivity index (χ2v) is 6.99. The molecule has 1 aliphatic rings. The number of aliphatic hydroxyl groups is 1. The zero-order valence-electron chi connectivity index (χ0n) is 12.0. The first-order chi connectivity index (χ1) is 10.0. The molecule has 0 aliphatic carbocycles. The van der Waals surface area contributed by atoms with Crippen LogP contribution in [0.5, 0.6) is 5.75 Å². The van der Waals surface area contributed by atoms with E-state index < -0.39 is 21.9 Å². The Labute approximate surface area is 124 Å². The number of hydrogen-bond acceptors (Lipinski definition) is 4. The Morgan fingerprint density at radius 2 is 2.14 bits per heavy atom. The van der Waals surface area contributed by atoms with Crippen LogP contribution in [0.4, 0.5) is 4.39 Å². The van der Waals surface area contributed by atoms with Gasteiger partial charge in [-0.2, -0.15) is 4.31 Å². The zero-order chi connectivity index (χ0) is 15.5. The number of ether oxygens (including phenoxy) is 1. The average molecular weight is 317 g/mol. The van der Waals surface area contributed by atoms with Crippen molar-refractivity contribution in [1.82, 2.24) is 4.31 Å². The number of sulfonamides is 1. The first-order valence-electron chi connectivity index (χ1n) is 6.97. The minimum absolute atomic E-state index is 0.00326. The molecule has 1 aromatic carbocycles. The molecule has 0 aromatic heterocycles.